The number of benzene rings is 6. The van der Waals surface area contributed by atoms with Crippen LogP contribution in [0.2, 0.25) is 0 Å². The van der Waals surface area contributed by atoms with E-state index in [1.807, 2.05) is 60.5 Å². The molecule has 5 heteroatoms. The number of nitrogens with one attached hydrogen (secondary N) is 1. The van der Waals surface area contributed by atoms with E-state index in [1.165, 1.54) is 44.8 Å². The Kier molecular flexibility index (Phi) is 10.8. The van der Waals surface area contributed by atoms with Crippen LogP contribution >= 0.6 is 0 Å². The van der Waals surface area contributed by atoms with Gasteiger partial charge in [0.25, 0.3) is 0 Å². The standard InChI is InChI=1S/C28H24N2.C14H14N2.Ir/c1-20-17-24(22-9-5-4-6-10-22)18-21(2)28(20)23-13-15-25(16-14-23)30-19-29(3)26-11-7-8-12-27(26)30;1-15-13-10-6-7-11-14(13)16(2)12-8-4-3-5-9-12;/h4-15,17-19H,1-3H3;3-8,10-11,15H,2H2,1H3;/q2*-2;. The Hall–Kier alpha value is -4.83. The predicted octanol–water partition coefficient (Wildman–Crippen LogP) is 10.6. The smallest absolute Gasteiger partial charge is 0.0552 e. The molecule has 0 bridgehead atoms. The van der Waals surface area contributed by atoms with Gasteiger partial charge in [-0.2, -0.15) is 55.2 Å². The molecule has 0 aromatic heterocycles. The number of aryl methyl sites for hydroxylation is 2. The number of nitrogens with zero attached hydrogens (tertiary/aromatic N) is 3. The second-order valence-corrected chi connectivity index (χ2v) is 11.3. The van der Waals surface area contributed by atoms with Gasteiger partial charge in [0, 0.05) is 44.2 Å². The van der Waals surface area contributed by atoms with Crippen molar-refractivity contribution in [3.8, 4) is 22.3 Å². The monoisotopic (exact) mass is 791 g/mol. The molecule has 6 aromatic carbocycles. The van der Waals surface area contributed by atoms with Gasteiger partial charge < -0.3 is 20.0 Å². The molecule has 0 aliphatic carbocycles. The Balaban J connectivity index is 0.000000217. The largest absolute Gasteiger partial charge is 0.516 e. The number of hydrogen-bond acceptors (Lipinski definition) is 4. The zero-order valence-corrected chi connectivity index (χ0v) is 29.6. The molecule has 1 heterocycles. The molecule has 1 aliphatic rings. The third-order valence-electron chi connectivity index (χ3n) is 8.24. The maximum Gasteiger partial charge on any atom is 0.0552 e. The van der Waals surface area contributed by atoms with Crippen LogP contribution in [0.25, 0.3) is 22.3 Å². The van der Waals surface area contributed by atoms with Crippen LogP contribution in [0.1, 0.15) is 11.1 Å². The van der Waals surface area contributed by atoms with E-state index < -0.39 is 0 Å². The molecule has 6 aromatic rings. The van der Waals surface area contributed by atoms with Crippen LogP contribution in [0.4, 0.5) is 34.1 Å². The third kappa shape index (κ3) is 7.28. The number of para-hydroxylation sites is 5. The van der Waals surface area contributed by atoms with Crippen LogP contribution in [0, 0.1) is 39.7 Å². The van der Waals surface area contributed by atoms with Crippen molar-refractivity contribution in [3.05, 3.63) is 170 Å². The second-order valence-electron chi connectivity index (χ2n) is 11.3. The minimum atomic E-state index is 0. The summed E-state index contributed by atoms with van der Waals surface area (Å²) >= 11 is 0. The van der Waals surface area contributed by atoms with Crippen LogP contribution in [0.5, 0.6) is 0 Å². The molecule has 0 unspecified atom stereocenters. The van der Waals surface area contributed by atoms with E-state index in [9.17, 15) is 0 Å². The van der Waals surface area contributed by atoms with Crippen molar-refractivity contribution >= 4 is 34.1 Å². The minimum Gasteiger partial charge on any atom is -0.516 e. The average molecular weight is 791 g/mol. The molecule has 0 fully saturated rings. The molecule has 0 spiro atoms. The molecule has 4 nitrogen and oxygen atoms in total. The number of hydrogen-bond donors (Lipinski definition) is 1. The quantitative estimate of drug-likeness (QED) is 0.170. The maximum atomic E-state index is 4.05. The van der Waals surface area contributed by atoms with Gasteiger partial charge in [-0.15, -0.1) is 23.0 Å². The Bertz CT molecular complexity index is 1880. The van der Waals surface area contributed by atoms with Crippen molar-refractivity contribution < 1.29 is 20.1 Å². The fourth-order valence-electron chi connectivity index (χ4n) is 6.00. The summed E-state index contributed by atoms with van der Waals surface area (Å²) in [7, 11) is 8.03. The van der Waals surface area contributed by atoms with Gasteiger partial charge in [-0.25, -0.2) is 0 Å². The van der Waals surface area contributed by atoms with E-state index in [1.54, 1.807) is 0 Å². The molecule has 0 amide bonds. The molecule has 239 valence electrons. The fraction of sp³-hybridized carbons (Fsp3) is 0.0952. The van der Waals surface area contributed by atoms with Gasteiger partial charge in [0.05, 0.1) is 5.69 Å². The minimum absolute atomic E-state index is 0. The van der Waals surface area contributed by atoms with Gasteiger partial charge in [0.1, 0.15) is 0 Å². The van der Waals surface area contributed by atoms with Gasteiger partial charge in [0.15, 0.2) is 0 Å². The molecule has 1 N–H and O–H groups in total. The van der Waals surface area contributed by atoms with Crippen molar-refractivity contribution in [2.75, 3.05) is 34.1 Å². The van der Waals surface area contributed by atoms with Crippen molar-refractivity contribution in [2.45, 2.75) is 13.8 Å². The zero-order chi connectivity index (χ0) is 32.0. The van der Waals surface area contributed by atoms with Crippen molar-refractivity contribution in [1.82, 2.24) is 0 Å². The topological polar surface area (TPSA) is 21.8 Å². The molecule has 47 heavy (non-hydrogen) atoms. The Morgan fingerprint density at radius 1 is 0.702 bits per heavy atom. The summed E-state index contributed by atoms with van der Waals surface area (Å²) in [5, 5.41) is 3.15. The fourth-order valence-corrected chi connectivity index (χ4v) is 6.00. The molecule has 1 radical (unpaired) electrons. The Labute approximate surface area is 293 Å². The first-order chi connectivity index (χ1) is 22.4. The predicted molar refractivity (Wildman–Crippen MR) is 196 cm³/mol. The molecule has 0 atom stereocenters. The summed E-state index contributed by atoms with van der Waals surface area (Å²) < 4.78 is 0. The first-order valence-electron chi connectivity index (χ1n) is 15.4. The van der Waals surface area contributed by atoms with E-state index in [0.29, 0.717) is 0 Å². The van der Waals surface area contributed by atoms with E-state index >= 15 is 0 Å². The summed E-state index contributed by atoms with van der Waals surface area (Å²) in [6.07, 6.45) is 0. The van der Waals surface area contributed by atoms with Crippen LogP contribution < -0.4 is 20.0 Å². The van der Waals surface area contributed by atoms with Gasteiger partial charge in [-0.3, -0.25) is 7.05 Å². The number of rotatable bonds is 6. The molecule has 0 saturated carbocycles. The van der Waals surface area contributed by atoms with E-state index in [0.717, 1.165) is 22.7 Å². The second kappa shape index (κ2) is 15.2. The van der Waals surface area contributed by atoms with Crippen LogP contribution in [0.15, 0.2) is 133 Å². The summed E-state index contributed by atoms with van der Waals surface area (Å²) in [6.45, 7) is 6.51. The maximum absolute atomic E-state index is 4.05. The number of anilines is 6. The van der Waals surface area contributed by atoms with Crippen LogP contribution in [0.3, 0.4) is 0 Å². The van der Waals surface area contributed by atoms with Gasteiger partial charge >= 0.3 is 0 Å². The Morgan fingerprint density at radius 3 is 2.02 bits per heavy atom. The van der Waals surface area contributed by atoms with Gasteiger partial charge in [-0.1, -0.05) is 83.4 Å². The van der Waals surface area contributed by atoms with Crippen molar-refractivity contribution in [3.63, 3.8) is 0 Å². The molecular formula is C42H38IrN4-4. The third-order valence-corrected chi connectivity index (χ3v) is 8.24. The van der Waals surface area contributed by atoms with Crippen molar-refractivity contribution in [1.29, 1.82) is 0 Å². The molecular weight excluding hydrogens is 753 g/mol. The SMILES string of the molecule is Cc1cc(-c2ccccc2)cc(C)c1-c1c[c-]c(N2[CH-]N(C)c3ccccc32)cc1.[CH2-]N(c1[c-]cccc1)c1ccccc1NC.[Ir]. The van der Waals surface area contributed by atoms with E-state index in [-0.39, 0.29) is 20.1 Å². The first-order valence-corrected chi connectivity index (χ1v) is 15.4. The molecule has 7 rings (SSSR count). The summed E-state index contributed by atoms with van der Waals surface area (Å²) in [5.74, 6) is 0. The van der Waals surface area contributed by atoms with E-state index in [2.05, 4.69) is 147 Å². The van der Waals surface area contributed by atoms with Gasteiger partial charge in [0.2, 0.25) is 0 Å². The zero-order valence-electron chi connectivity index (χ0n) is 27.2. The average Bonchev–Trinajstić information content (AvgIpc) is 3.45. The first kappa shape index (κ1) is 33.5. The molecule has 0 saturated heterocycles. The van der Waals surface area contributed by atoms with Gasteiger partial charge in [-0.05, 0) is 56.3 Å². The van der Waals surface area contributed by atoms with Crippen LogP contribution in [-0.2, 0) is 20.1 Å². The molecule has 1 aliphatic heterocycles. The van der Waals surface area contributed by atoms with Crippen LogP contribution in [-0.4, -0.2) is 14.1 Å². The number of fused-ring (bicyclic) bond motifs is 1. The summed E-state index contributed by atoms with van der Waals surface area (Å²) in [5.41, 5.74) is 14.1. The van der Waals surface area contributed by atoms with E-state index in [4.69, 9.17) is 0 Å². The summed E-state index contributed by atoms with van der Waals surface area (Å²) in [6, 6.07) is 52.6. The normalized spacial score (nSPS) is 11.6. The summed E-state index contributed by atoms with van der Waals surface area (Å²) in [4.78, 5) is 6.21. The van der Waals surface area contributed by atoms with Crippen molar-refractivity contribution in [2.24, 2.45) is 0 Å². The Morgan fingerprint density at radius 2 is 1.36 bits per heavy atom.